The molecule has 2 aromatic carbocycles. The van der Waals surface area contributed by atoms with E-state index in [-0.39, 0.29) is 17.8 Å². The van der Waals surface area contributed by atoms with Crippen molar-refractivity contribution in [1.82, 2.24) is 4.90 Å². The van der Waals surface area contributed by atoms with Crippen molar-refractivity contribution in [3.63, 3.8) is 0 Å². The van der Waals surface area contributed by atoms with Crippen LogP contribution in [0.3, 0.4) is 0 Å². The summed E-state index contributed by atoms with van der Waals surface area (Å²) < 4.78 is 6.30. The highest BCUT2D eigenvalue weighted by atomic mass is 16.5. The second-order valence-electron chi connectivity index (χ2n) is 9.48. The van der Waals surface area contributed by atoms with Crippen molar-refractivity contribution in [2.45, 2.75) is 58.0 Å². The lowest BCUT2D eigenvalue weighted by Gasteiger charge is -2.43. The zero-order valence-electron chi connectivity index (χ0n) is 19.6. The fourth-order valence-corrected chi connectivity index (χ4v) is 5.70. The number of rotatable bonds is 4. The van der Waals surface area contributed by atoms with Gasteiger partial charge in [-0.15, -0.1) is 0 Å². The van der Waals surface area contributed by atoms with Gasteiger partial charge in [-0.05, 0) is 56.9 Å². The van der Waals surface area contributed by atoms with Gasteiger partial charge in [0.05, 0.1) is 5.92 Å². The number of hydrogen-bond acceptors (Lipinski definition) is 4. The van der Waals surface area contributed by atoms with Crippen molar-refractivity contribution in [3.05, 3.63) is 99.1 Å². The molecule has 33 heavy (non-hydrogen) atoms. The van der Waals surface area contributed by atoms with Crippen LogP contribution in [0.2, 0.25) is 0 Å². The van der Waals surface area contributed by atoms with Gasteiger partial charge >= 0.3 is 0 Å². The predicted molar refractivity (Wildman–Crippen MR) is 132 cm³/mol. The van der Waals surface area contributed by atoms with E-state index >= 15 is 0 Å². The number of aryl methyl sites for hydroxylation is 2. The van der Waals surface area contributed by atoms with Gasteiger partial charge < -0.3 is 10.5 Å². The average molecular weight is 438 g/mol. The van der Waals surface area contributed by atoms with E-state index in [0.717, 1.165) is 42.7 Å². The van der Waals surface area contributed by atoms with Crippen molar-refractivity contribution >= 4 is 6.08 Å². The second kappa shape index (κ2) is 8.57. The topological polar surface area (TPSA) is 62.3 Å². The van der Waals surface area contributed by atoms with Crippen LogP contribution >= 0.6 is 0 Å². The molecule has 4 nitrogen and oxygen atoms in total. The Bertz CT molecular complexity index is 1190. The van der Waals surface area contributed by atoms with E-state index in [2.05, 4.69) is 86.3 Å². The maximum absolute atomic E-state index is 10.1. The number of ether oxygens (including phenoxy) is 1. The minimum absolute atomic E-state index is 0.177. The maximum Gasteiger partial charge on any atom is 0.205 e. The third-order valence-corrected chi connectivity index (χ3v) is 7.25. The molecule has 5 rings (SSSR count). The summed E-state index contributed by atoms with van der Waals surface area (Å²) in [5.41, 5.74) is 14.0. The molecule has 0 saturated carbocycles. The molecule has 0 spiro atoms. The van der Waals surface area contributed by atoms with Crippen LogP contribution in [0.4, 0.5) is 0 Å². The van der Waals surface area contributed by atoms with Crippen molar-refractivity contribution < 1.29 is 4.74 Å². The molecule has 3 aliphatic heterocycles. The number of fused-ring (bicyclic) bond motifs is 3. The van der Waals surface area contributed by atoms with Crippen LogP contribution in [-0.4, -0.2) is 23.5 Å². The first-order valence-corrected chi connectivity index (χ1v) is 11.9. The Morgan fingerprint density at radius 1 is 1.03 bits per heavy atom. The van der Waals surface area contributed by atoms with E-state index in [1.165, 1.54) is 22.3 Å². The van der Waals surface area contributed by atoms with Gasteiger partial charge in [-0.25, -0.2) is 0 Å². The molecule has 1 saturated heterocycles. The van der Waals surface area contributed by atoms with E-state index in [1.807, 2.05) is 0 Å². The van der Waals surface area contributed by atoms with Crippen LogP contribution in [0.15, 0.2) is 76.9 Å². The zero-order valence-corrected chi connectivity index (χ0v) is 19.6. The monoisotopic (exact) mass is 437 g/mol. The van der Waals surface area contributed by atoms with E-state index in [1.54, 1.807) is 0 Å². The Morgan fingerprint density at radius 2 is 1.67 bits per heavy atom. The predicted octanol–water partition coefficient (Wildman–Crippen LogP) is 5.71. The summed E-state index contributed by atoms with van der Waals surface area (Å²) in [4.78, 5) is 2.62. The summed E-state index contributed by atoms with van der Waals surface area (Å²) in [5, 5.41) is 10.1. The first kappa shape index (κ1) is 21.6. The SMILES string of the molecule is CCCN1C2CCC1/C(=C\c1ccc(C)cc1)C1=C2[C@@H](c2ccc(C)cc2)C(C#N)=C(N)O1. The fourth-order valence-electron chi connectivity index (χ4n) is 5.70. The third-order valence-electron chi connectivity index (χ3n) is 7.25. The number of nitrogens with two attached hydrogens (primary N) is 1. The molecule has 2 bridgehead atoms. The zero-order chi connectivity index (χ0) is 23.1. The minimum Gasteiger partial charge on any atom is -0.440 e. The van der Waals surface area contributed by atoms with Crippen molar-refractivity contribution in [2.24, 2.45) is 5.73 Å². The Morgan fingerprint density at radius 3 is 2.30 bits per heavy atom. The summed E-state index contributed by atoms with van der Waals surface area (Å²) >= 11 is 0. The molecule has 2 unspecified atom stereocenters. The molecule has 0 radical (unpaired) electrons. The highest BCUT2D eigenvalue weighted by molar-refractivity contribution is 5.66. The normalized spacial score (nSPS) is 25.8. The van der Waals surface area contributed by atoms with Crippen molar-refractivity contribution in [2.75, 3.05) is 6.54 Å². The van der Waals surface area contributed by atoms with Crippen LogP contribution in [0, 0.1) is 25.2 Å². The molecule has 0 amide bonds. The smallest absolute Gasteiger partial charge is 0.205 e. The lowest BCUT2D eigenvalue weighted by molar-refractivity contribution is 0.181. The van der Waals surface area contributed by atoms with Gasteiger partial charge in [0, 0.05) is 23.2 Å². The number of benzene rings is 2. The Hall–Kier alpha value is -3.29. The first-order valence-electron chi connectivity index (χ1n) is 11.9. The van der Waals surface area contributed by atoms with Gasteiger partial charge in [-0.3, -0.25) is 4.90 Å². The molecule has 3 atom stereocenters. The number of nitrogens with zero attached hydrogens (tertiary/aromatic N) is 2. The second-order valence-corrected chi connectivity index (χ2v) is 9.48. The standard InChI is InChI=1S/C29H31N3O/c1-4-15-32-24-13-14-25(32)27-26(21-11-7-19(3)8-12-21)23(17-30)29(31)33-28(27)22(24)16-20-9-5-18(2)6-10-20/h5-12,16,24-26H,4,13-15,31H2,1-3H3/b22-16+/t24?,25?,26-/m0/s1. The summed E-state index contributed by atoms with van der Waals surface area (Å²) in [7, 11) is 0. The number of allylic oxidation sites excluding steroid dienone is 1. The van der Waals surface area contributed by atoms with E-state index in [9.17, 15) is 5.26 Å². The summed E-state index contributed by atoms with van der Waals surface area (Å²) in [6.45, 7) is 7.45. The minimum atomic E-state index is -0.177. The largest absolute Gasteiger partial charge is 0.440 e. The molecular formula is C29H31N3O. The van der Waals surface area contributed by atoms with Crippen LogP contribution in [0.1, 0.15) is 54.4 Å². The van der Waals surface area contributed by atoms with Gasteiger partial charge in [0.2, 0.25) is 5.88 Å². The molecular weight excluding hydrogens is 406 g/mol. The molecule has 2 aromatic rings. The molecule has 1 fully saturated rings. The fraction of sp³-hybridized carbons (Fsp3) is 0.345. The molecule has 0 aliphatic carbocycles. The highest BCUT2D eigenvalue weighted by Crippen LogP contribution is 2.52. The van der Waals surface area contributed by atoms with Gasteiger partial charge in [0.15, 0.2) is 0 Å². The molecule has 168 valence electrons. The number of nitriles is 1. The molecule has 0 aromatic heterocycles. The molecule has 3 aliphatic rings. The number of hydrogen-bond donors (Lipinski definition) is 1. The van der Waals surface area contributed by atoms with Gasteiger partial charge in [0.1, 0.15) is 17.4 Å². The van der Waals surface area contributed by atoms with Crippen LogP contribution in [0.5, 0.6) is 0 Å². The van der Waals surface area contributed by atoms with E-state index in [4.69, 9.17) is 10.5 Å². The Balaban J connectivity index is 1.72. The van der Waals surface area contributed by atoms with Gasteiger partial charge in [-0.1, -0.05) is 66.6 Å². The van der Waals surface area contributed by atoms with Gasteiger partial charge in [0.25, 0.3) is 0 Å². The van der Waals surface area contributed by atoms with Gasteiger partial charge in [-0.2, -0.15) is 5.26 Å². The lowest BCUT2D eigenvalue weighted by atomic mass is 9.76. The third kappa shape index (κ3) is 3.67. The lowest BCUT2D eigenvalue weighted by Crippen LogP contribution is -2.46. The van der Waals surface area contributed by atoms with Crippen LogP contribution in [-0.2, 0) is 4.74 Å². The van der Waals surface area contributed by atoms with Crippen LogP contribution in [0.25, 0.3) is 6.08 Å². The molecule has 2 N–H and O–H groups in total. The maximum atomic E-state index is 10.1. The van der Waals surface area contributed by atoms with Crippen LogP contribution < -0.4 is 5.73 Å². The quantitative estimate of drug-likeness (QED) is 0.666. The van der Waals surface area contributed by atoms with E-state index < -0.39 is 0 Å². The average Bonchev–Trinajstić information content (AvgIpc) is 3.14. The first-order chi connectivity index (χ1) is 16.0. The summed E-state index contributed by atoms with van der Waals surface area (Å²) in [6.07, 6.45) is 5.51. The van der Waals surface area contributed by atoms with E-state index in [0.29, 0.717) is 11.6 Å². The Labute approximate surface area is 196 Å². The molecule has 3 heterocycles. The Kier molecular flexibility index (Phi) is 5.60. The van der Waals surface area contributed by atoms with Crippen molar-refractivity contribution in [1.29, 1.82) is 5.26 Å². The van der Waals surface area contributed by atoms with Crippen molar-refractivity contribution in [3.8, 4) is 6.07 Å². The summed E-state index contributed by atoms with van der Waals surface area (Å²) in [6, 6.07) is 20.1. The molecule has 4 heteroatoms. The highest BCUT2D eigenvalue weighted by Gasteiger charge is 2.49. The summed E-state index contributed by atoms with van der Waals surface area (Å²) in [5.74, 6) is 0.946.